The molecular weight excluding hydrogens is 393 g/mol. The van der Waals surface area contributed by atoms with Crippen LogP contribution in [0.4, 0.5) is 10.3 Å². The molecule has 2 aromatic carbocycles. The van der Waals surface area contributed by atoms with Crippen molar-refractivity contribution in [2.75, 3.05) is 11.9 Å². The van der Waals surface area contributed by atoms with Crippen molar-refractivity contribution < 1.29 is 13.7 Å². The van der Waals surface area contributed by atoms with E-state index in [1.807, 2.05) is 42.5 Å². The highest BCUT2D eigenvalue weighted by Gasteiger charge is 2.25. The molecule has 156 valence electrons. The van der Waals surface area contributed by atoms with Gasteiger partial charge in [-0.3, -0.25) is 14.7 Å². The number of hydrogen-bond acceptors (Lipinski definition) is 4. The third kappa shape index (κ3) is 4.38. The number of hydrogen-bond donors (Lipinski definition) is 0. The quantitative estimate of drug-likeness (QED) is 0.420. The summed E-state index contributed by atoms with van der Waals surface area (Å²) in [6, 6.07) is 18.3. The molecule has 0 N–H and O–H groups in total. The second-order valence-corrected chi connectivity index (χ2v) is 7.35. The van der Waals surface area contributed by atoms with Crippen molar-refractivity contribution in [3.8, 4) is 22.4 Å². The van der Waals surface area contributed by atoms with Gasteiger partial charge in [0.15, 0.2) is 0 Å². The molecule has 0 saturated heterocycles. The maximum Gasteiger partial charge on any atom is 0.242 e. The minimum absolute atomic E-state index is 0.0860. The van der Waals surface area contributed by atoms with Crippen LogP contribution in [0, 0.1) is 12.7 Å². The van der Waals surface area contributed by atoms with E-state index in [1.54, 1.807) is 38.5 Å². The lowest BCUT2D eigenvalue weighted by Crippen LogP contribution is -2.26. The van der Waals surface area contributed by atoms with Gasteiger partial charge in [-0.05, 0) is 60.4 Å². The number of carbonyl (C=O) groups excluding carboxylic acids is 1. The van der Waals surface area contributed by atoms with Crippen molar-refractivity contribution in [3.05, 3.63) is 90.0 Å². The first-order valence-electron chi connectivity index (χ1n) is 10.0. The highest BCUT2D eigenvalue weighted by molar-refractivity contribution is 5.98. The van der Waals surface area contributed by atoms with Crippen molar-refractivity contribution >= 4 is 11.8 Å². The normalized spacial score (nSPS) is 10.8. The van der Waals surface area contributed by atoms with Crippen LogP contribution in [-0.4, -0.2) is 23.1 Å². The van der Waals surface area contributed by atoms with Crippen molar-refractivity contribution in [1.29, 1.82) is 0 Å². The summed E-state index contributed by atoms with van der Waals surface area (Å²) in [6.45, 7) is 1.70. The summed E-state index contributed by atoms with van der Waals surface area (Å²) in [7, 11) is 1.68. The Balaban J connectivity index is 1.69. The van der Waals surface area contributed by atoms with Crippen LogP contribution >= 0.6 is 0 Å². The number of pyridine rings is 1. The molecular formula is C25H22FN3O2. The van der Waals surface area contributed by atoms with E-state index in [1.165, 1.54) is 11.0 Å². The number of amides is 1. The summed E-state index contributed by atoms with van der Waals surface area (Å²) >= 11 is 0. The van der Waals surface area contributed by atoms with Crippen molar-refractivity contribution in [2.45, 2.75) is 19.8 Å². The molecule has 2 heterocycles. The van der Waals surface area contributed by atoms with Crippen LogP contribution in [0.15, 0.2) is 77.6 Å². The lowest BCUT2D eigenvalue weighted by atomic mass is 10.00. The molecule has 0 fully saturated rings. The lowest BCUT2D eigenvalue weighted by Gasteiger charge is -2.16. The molecule has 4 rings (SSSR count). The molecule has 0 unspecified atom stereocenters. The predicted molar refractivity (Wildman–Crippen MR) is 118 cm³/mol. The Bertz CT molecular complexity index is 1190. The van der Waals surface area contributed by atoms with E-state index in [2.05, 4.69) is 10.1 Å². The molecule has 0 aliphatic carbocycles. The topological polar surface area (TPSA) is 59.2 Å². The fourth-order valence-corrected chi connectivity index (χ4v) is 3.46. The van der Waals surface area contributed by atoms with Crippen molar-refractivity contribution in [1.82, 2.24) is 10.1 Å². The summed E-state index contributed by atoms with van der Waals surface area (Å²) in [5.74, 6) is -0.0236. The maximum absolute atomic E-state index is 13.8. The van der Waals surface area contributed by atoms with Gasteiger partial charge in [0.1, 0.15) is 11.5 Å². The van der Waals surface area contributed by atoms with E-state index in [-0.39, 0.29) is 11.7 Å². The van der Waals surface area contributed by atoms with E-state index in [9.17, 15) is 9.18 Å². The van der Waals surface area contributed by atoms with E-state index in [0.717, 1.165) is 11.1 Å². The number of benzene rings is 2. The number of carbonyl (C=O) groups is 1. The van der Waals surface area contributed by atoms with Gasteiger partial charge in [-0.2, -0.15) is 0 Å². The molecule has 4 aromatic rings. The van der Waals surface area contributed by atoms with Gasteiger partial charge in [-0.25, -0.2) is 4.39 Å². The molecule has 6 heteroatoms. The van der Waals surface area contributed by atoms with Crippen LogP contribution in [0.3, 0.4) is 0 Å². The Kier molecular flexibility index (Phi) is 5.89. The Labute approximate surface area is 180 Å². The van der Waals surface area contributed by atoms with Gasteiger partial charge < -0.3 is 4.52 Å². The van der Waals surface area contributed by atoms with Gasteiger partial charge in [-0.15, -0.1) is 0 Å². The summed E-state index contributed by atoms with van der Waals surface area (Å²) in [4.78, 5) is 18.5. The Morgan fingerprint density at radius 2 is 1.77 bits per heavy atom. The van der Waals surface area contributed by atoms with Gasteiger partial charge in [-0.1, -0.05) is 35.5 Å². The fraction of sp³-hybridized carbons (Fsp3) is 0.160. The lowest BCUT2D eigenvalue weighted by molar-refractivity contribution is -0.118. The van der Waals surface area contributed by atoms with Gasteiger partial charge in [0.25, 0.3) is 0 Å². The first-order chi connectivity index (χ1) is 15.0. The molecule has 0 radical (unpaired) electrons. The molecule has 0 aliphatic rings. The second kappa shape index (κ2) is 8.92. The highest BCUT2D eigenvalue weighted by Crippen LogP contribution is 2.39. The monoisotopic (exact) mass is 415 g/mol. The first-order valence-corrected chi connectivity index (χ1v) is 10.0. The van der Waals surface area contributed by atoms with E-state index in [4.69, 9.17) is 4.52 Å². The minimum atomic E-state index is -0.286. The zero-order valence-electron chi connectivity index (χ0n) is 17.4. The Hall–Kier alpha value is -3.80. The van der Waals surface area contributed by atoms with Crippen LogP contribution in [0.25, 0.3) is 22.4 Å². The van der Waals surface area contributed by atoms with Crippen LogP contribution in [0.2, 0.25) is 0 Å². The van der Waals surface area contributed by atoms with Gasteiger partial charge in [0.2, 0.25) is 11.8 Å². The number of halogens is 1. The SMILES string of the molecule is Cc1cc(-c2noc(N(C)C(=O)CCc3ccccc3)c2-c2ccncc2)ccc1F. The number of aromatic nitrogens is 2. The van der Waals surface area contributed by atoms with E-state index < -0.39 is 0 Å². The highest BCUT2D eigenvalue weighted by atomic mass is 19.1. The summed E-state index contributed by atoms with van der Waals surface area (Å²) < 4.78 is 19.4. The molecule has 0 saturated carbocycles. The van der Waals surface area contributed by atoms with Gasteiger partial charge in [0, 0.05) is 31.4 Å². The number of nitrogens with zero attached hydrogens (tertiary/aromatic N) is 3. The van der Waals surface area contributed by atoms with Crippen LogP contribution < -0.4 is 4.90 Å². The van der Waals surface area contributed by atoms with Crippen LogP contribution in [0.5, 0.6) is 0 Å². The molecule has 5 nitrogen and oxygen atoms in total. The molecule has 0 spiro atoms. The summed E-state index contributed by atoms with van der Waals surface area (Å²) in [6.07, 6.45) is 4.31. The Morgan fingerprint density at radius 3 is 2.48 bits per heavy atom. The van der Waals surface area contributed by atoms with Gasteiger partial charge in [0.05, 0.1) is 5.56 Å². The second-order valence-electron chi connectivity index (χ2n) is 7.35. The largest absolute Gasteiger partial charge is 0.337 e. The van der Waals surface area contributed by atoms with Gasteiger partial charge >= 0.3 is 0 Å². The summed E-state index contributed by atoms with van der Waals surface area (Å²) in [5.41, 5.74) is 4.35. The minimum Gasteiger partial charge on any atom is -0.337 e. The number of aryl methyl sites for hydroxylation is 2. The van der Waals surface area contributed by atoms with Crippen LogP contribution in [-0.2, 0) is 11.2 Å². The van der Waals surface area contributed by atoms with Crippen molar-refractivity contribution in [2.24, 2.45) is 0 Å². The molecule has 1 amide bonds. The smallest absolute Gasteiger partial charge is 0.242 e. The standard InChI is InChI=1S/C25H22FN3O2/c1-17-16-20(9-10-21(17)26)24-23(19-12-14-27-15-13-19)25(31-28-24)29(2)22(30)11-8-18-6-4-3-5-7-18/h3-7,9-10,12-16H,8,11H2,1-2H3. The molecule has 0 bridgehead atoms. The average Bonchev–Trinajstić information content (AvgIpc) is 3.25. The third-order valence-electron chi connectivity index (χ3n) is 5.22. The molecule has 0 aliphatic heterocycles. The maximum atomic E-state index is 13.8. The third-order valence-corrected chi connectivity index (χ3v) is 5.22. The first kappa shape index (κ1) is 20.5. The average molecular weight is 415 g/mol. The molecule has 31 heavy (non-hydrogen) atoms. The number of rotatable bonds is 6. The zero-order valence-corrected chi connectivity index (χ0v) is 17.4. The number of anilines is 1. The van der Waals surface area contributed by atoms with Crippen LogP contribution in [0.1, 0.15) is 17.5 Å². The zero-order chi connectivity index (χ0) is 21.8. The van der Waals surface area contributed by atoms with E-state index in [0.29, 0.717) is 41.1 Å². The molecule has 0 atom stereocenters. The summed E-state index contributed by atoms with van der Waals surface area (Å²) in [5, 5.41) is 4.24. The fourth-order valence-electron chi connectivity index (χ4n) is 3.46. The van der Waals surface area contributed by atoms with E-state index >= 15 is 0 Å². The predicted octanol–water partition coefficient (Wildman–Crippen LogP) is 5.45. The molecule has 2 aromatic heterocycles. The van der Waals surface area contributed by atoms with Crippen molar-refractivity contribution in [3.63, 3.8) is 0 Å². The Morgan fingerprint density at radius 1 is 1.03 bits per heavy atom.